The monoisotopic (exact) mass is 330 g/mol. The van der Waals surface area contributed by atoms with Crippen molar-refractivity contribution < 1.29 is 0 Å². The SMILES string of the molecule is CNc1nc(-c2cccc(Br)c2)nc(-n2ccnc2)n1. The second-order valence-electron chi connectivity index (χ2n) is 4.01. The van der Waals surface area contributed by atoms with Crippen molar-refractivity contribution in [3.8, 4) is 17.3 Å². The second-order valence-corrected chi connectivity index (χ2v) is 4.93. The molecule has 6 nitrogen and oxygen atoms in total. The maximum absolute atomic E-state index is 4.48. The van der Waals surface area contributed by atoms with Gasteiger partial charge in [0.2, 0.25) is 11.9 Å². The van der Waals surface area contributed by atoms with E-state index >= 15 is 0 Å². The topological polar surface area (TPSA) is 68.5 Å². The Hall–Kier alpha value is -2.28. The molecule has 0 radical (unpaired) electrons. The summed E-state index contributed by atoms with van der Waals surface area (Å²) in [5.74, 6) is 1.64. The molecule has 0 atom stereocenters. The van der Waals surface area contributed by atoms with E-state index in [1.54, 1.807) is 30.3 Å². The maximum Gasteiger partial charge on any atom is 0.240 e. The van der Waals surface area contributed by atoms with Gasteiger partial charge in [0.15, 0.2) is 5.82 Å². The van der Waals surface area contributed by atoms with Crippen molar-refractivity contribution in [1.29, 1.82) is 0 Å². The number of anilines is 1. The van der Waals surface area contributed by atoms with Gasteiger partial charge in [-0.25, -0.2) is 4.98 Å². The van der Waals surface area contributed by atoms with Crippen molar-refractivity contribution >= 4 is 21.9 Å². The van der Waals surface area contributed by atoms with Crippen LogP contribution in [0.5, 0.6) is 0 Å². The van der Waals surface area contributed by atoms with Gasteiger partial charge in [0.05, 0.1) is 0 Å². The maximum atomic E-state index is 4.48. The molecule has 100 valence electrons. The van der Waals surface area contributed by atoms with Crippen molar-refractivity contribution in [2.24, 2.45) is 0 Å². The summed E-state index contributed by atoms with van der Waals surface area (Å²) in [6.07, 6.45) is 5.13. The number of hydrogen-bond acceptors (Lipinski definition) is 5. The third-order valence-electron chi connectivity index (χ3n) is 2.67. The Morgan fingerprint density at radius 1 is 1.20 bits per heavy atom. The highest BCUT2D eigenvalue weighted by Gasteiger charge is 2.09. The van der Waals surface area contributed by atoms with Crippen LogP contribution in [0, 0.1) is 0 Å². The Balaban J connectivity index is 2.14. The van der Waals surface area contributed by atoms with Gasteiger partial charge in [-0.05, 0) is 12.1 Å². The van der Waals surface area contributed by atoms with Crippen molar-refractivity contribution in [1.82, 2.24) is 24.5 Å². The Kier molecular flexibility index (Phi) is 3.42. The first-order valence-electron chi connectivity index (χ1n) is 5.94. The van der Waals surface area contributed by atoms with E-state index in [-0.39, 0.29) is 0 Å². The van der Waals surface area contributed by atoms with Crippen molar-refractivity contribution in [2.45, 2.75) is 0 Å². The normalized spacial score (nSPS) is 10.5. The third-order valence-corrected chi connectivity index (χ3v) is 3.16. The number of nitrogens with one attached hydrogen (secondary N) is 1. The van der Waals surface area contributed by atoms with Gasteiger partial charge >= 0.3 is 0 Å². The van der Waals surface area contributed by atoms with E-state index in [0.717, 1.165) is 10.0 Å². The van der Waals surface area contributed by atoms with Gasteiger partial charge in [0.1, 0.15) is 6.33 Å². The second kappa shape index (κ2) is 5.38. The number of aromatic nitrogens is 5. The predicted octanol–water partition coefficient (Wildman–Crippen LogP) is 2.53. The number of halogens is 1. The van der Waals surface area contributed by atoms with Crippen LogP contribution in [0.4, 0.5) is 5.95 Å². The fourth-order valence-corrected chi connectivity index (χ4v) is 2.13. The first kappa shape index (κ1) is 12.7. The molecule has 0 aliphatic rings. The molecule has 0 fully saturated rings. The summed E-state index contributed by atoms with van der Waals surface area (Å²) in [7, 11) is 1.78. The van der Waals surface area contributed by atoms with E-state index in [2.05, 4.69) is 41.2 Å². The van der Waals surface area contributed by atoms with Crippen LogP contribution >= 0.6 is 15.9 Å². The summed E-state index contributed by atoms with van der Waals surface area (Å²) in [5, 5.41) is 2.95. The van der Waals surface area contributed by atoms with E-state index < -0.39 is 0 Å². The Bertz CT molecular complexity index is 725. The molecule has 3 rings (SSSR count). The minimum atomic E-state index is 0.513. The molecule has 0 spiro atoms. The quantitative estimate of drug-likeness (QED) is 0.799. The highest BCUT2D eigenvalue weighted by Crippen LogP contribution is 2.21. The van der Waals surface area contributed by atoms with Crippen LogP contribution in [0.15, 0.2) is 47.5 Å². The van der Waals surface area contributed by atoms with Crippen LogP contribution in [0.25, 0.3) is 17.3 Å². The standard InChI is InChI=1S/C13H11BrN6/c1-15-12-17-11(9-3-2-4-10(14)7-9)18-13(19-12)20-6-5-16-8-20/h2-8H,1H3,(H,15,17,18,19). The Morgan fingerprint density at radius 3 is 2.80 bits per heavy atom. The lowest BCUT2D eigenvalue weighted by Crippen LogP contribution is -2.06. The molecule has 0 aliphatic heterocycles. The molecule has 0 unspecified atom stereocenters. The van der Waals surface area contributed by atoms with Crippen LogP contribution in [-0.2, 0) is 0 Å². The number of rotatable bonds is 3. The summed E-state index contributed by atoms with van der Waals surface area (Å²) in [4.78, 5) is 17.2. The van der Waals surface area contributed by atoms with Crippen LogP contribution in [0.3, 0.4) is 0 Å². The fourth-order valence-electron chi connectivity index (χ4n) is 1.73. The molecule has 0 bridgehead atoms. The number of benzene rings is 1. The zero-order chi connectivity index (χ0) is 13.9. The van der Waals surface area contributed by atoms with Gasteiger partial charge in [0.25, 0.3) is 0 Å². The van der Waals surface area contributed by atoms with Gasteiger partial charge < -0.3 is 5.32 Å². The molecule has 0 saturated carbocycles. The summed E-state index contributed by atoms with van der Waals surface area (Å²) < 4.78 is 2.72. The molecule has 2 heterocycles. The molecule has 0 aliphatic carbocycles. The molecule has 0 amide bonds. The summed E-state index contributed by atoms with van der Waals surface area (Å²) >= 11 is 3.45. The highest BCUT2D eigenvalue weighted by atomic mass is 79.9. The zero-order valence-corrected chi connectivity index (χ0v) is 12.2. The van der Waals surface area contributed by atoms with Crippen molar-refractivity contribution in [3.63, 3.8) is 0 Å². The Morgan fingerprint density at radius 2 is 2.10 bits per heavy atom. The van der Waals surface area contributed by atoms with Crippen LogP contribution in [-0.4, -0.2) is 31.6 Å². The number of nitrogens with zero attached hydrogens (tertiary/aromatic N) is 5. The average Bonchev–Trinajstić information content (AvgIpc) is 3.01. The van der Waals surface area contributed by atoms with E-state index in [4.69, 9.17) is 0 Å². The van der Waals surface area contributed by atoms with Gasteiger partial charge in [-0.2, -0.15) is 15.0 Å². The fraction of sp³-hybridized carbons (Fsp3) is 0.0769. The zero-order valence-electron chi connectivity index (χ0n) is 10.7. The van der Waals surface area contributed by atoms with Crippen molar-refractivity contribution in [2.75, 3.05) is 12.4 Å². The minimum Gasteiger partial charge on any atom is -0.357 e. The average molecular weight is 331 g/mol. The van der Waals surface area contributed by atoms with E-state index in [9.17, 15) is 0 Å². The van der Waals surface area contributed by atoms with Gasteiger partial charge in [-0.3, -0.25) is 4.57 Å². The first-order chi connectivity index (χ1) is 9.76. The Labute approximate surface area is 124 Å². The van der Waals surface area contributed by atoms with E-state index in [1.807, 2.05) is 24.3 Å². The number of imidazole rings is 1. The summed E-state index contributed by atoms with van der Waals surface area (Å²) in [6.45, 7) is 0. The molecule has 7 heteroatoms. The minimum absolute atomic E-state index is 0.513. The molecule has 3 aromatic rings. The molecule has 1 N–H and O–H groups in total. The molecular formula is C13H11BrN6. The largest absolute Gasteiger partial charge is 0.357 e. The lowest BCUT2D eigenvalue weighted by atomic mass is 10.2. The van der Waals surface area contributed by atoms with E-state index in [0.29, 0.717) is 17.7 Å². The summed E-state index contributed by atoms with van der Waals surface area (Å²) in [6, 6.07) is 7.82. The highest BCUT2D eigenvalue weighted by molar-refractivity contribution is 9.10. The van der Waals surface area contributed by atoms with Crippen LogP contribution in [0.1, 0.15) is 0 Å². The molecule has 20 heavy (non-hydrogen) atoms. The molecule has 2 aromatic heterocycles. The summed E-state index contributed by atoms with van der Waals surface area (Å²) in [5.41, 5.74) is 0.916. The van der Waals surface area contributed by atoms with Crippen molar-refractivity contribution in [3.05, 3.63) is 47.5 Å². The molecule has 1 aromatic carbocycles. The molecular weight excluding hydrogens is 320 g/mol. The van der Waals surface area contributed by atoms with Crippen LogP contribution < -0.4 is 5.32 Å². The van der Waals surface area contributed by atoms with Gasteiger partial charge in [-0.15, -0.1) is 0 Å². The number of hydrogen-bond donors (Lipinski definition) is 1. The lowest BCUT2D eigenvalue weighted by molar-refractivity contribution is 0.902. The third kappa shape index (κ3) is 2.53. The van der Waals surface area contributed by atoms with Gasteiger partial charge in [-0.1, -0.05) is 28.1 Å². The van der Waals surface area contributed by atoms with Crippen LogP contribution in [0.2, 0.25) is 0 Å². The predicted molar refractivity (Wildman–Crippen MR) is 79.6 cm³/mol. The molecule has 0 saturated heterocycles. The van der Waals surface area contributed by atoms with Gasteiger partial charge in [0, 0.05) is 29.5 Å². The lowest BCUT2D eigenvalue weighted by Gasteiger charge is -2.07. The first-order valence-corrected chi connectivity index (χ1v) is 6.73. The van der Waals surface area contributed by atoms with E-state index in [1.165, 1.54) is 0 Å². The smallest absolute Gasteiger partial charge is 0.240 e.